The zero-order valence-electron chi connectivity index (χ0n) is 12.6. The van der Waals surface area contributed by atoms with E-state index in [2.05, 4.69) is 10.0 Å². The van der Waals surface area contributed by atoms with E-state index in [-0.39, 0.29) is 23.4 Å². The van der Waals surface area contributed by atoms with Crippen molar-refractivity contribution in [3.05, 3.63) is 18.2 Å². The summed E-state index contributed by atoms with van der Waals surface area (Å²) in [7, 11) is -3.78. The molecule has 0 aliphatic carbocycles. The first-order valence-electron chi connectivity index (χ1n) is 7.07. The molecule has 1 aliphatic rings. The highest BCUT2D eigenvalue weighted by Crippen LogP contribution is 2.31. The first-order chi connectivity index (χ1) is 10.4. The maximum absolute atomic E-state index is 12.2. The number of sulfonamides is 1. The monoisotopic (exact) mass is 328 g/mol. The lowest BCUT2D eigenvalue weighted by molar-refractivity contribution is -0.120. The maximum Gasteiger partial charge on any atom is 0.241 e. The molecule has 1 aromatic rings. The lowest BCUT2D eigenvalue weighted by Gasteiger charge is -2.12. The number of hydrogen-bond donors (Lipinski definition) is 2. The standard InChI is InChI=1S/C14H20N2O5S/c1-10(2)16-14(17)9-15-22(18,19)11-4-5-12-13(8-11)21-7-3-6-20-12/h4-5,8,10,15H,3,6-7,9H2,1-2H3,(H,16,17). The molecule has 0 atom stereocenters. The number of fused-ring (bicyclic) bond motifs is 1. The summed E-state index contributed by atoms with van der Waals surface area (Å²) in [5.41, 5.74) is 0. The Morgan fingerprint density at radius 3 is 2.59 bits per heavy atom. The van der Waals surface area contributed by atoms with Gasteiger partial charge in [0.2, 0.25) is 15.9 Å². The summed E-state index contributed by atoms with van der Waals surface area (Å²) in [6.45, 7) is 4.30. The second-order valence-electron chi connectivity index (χ2n) is 5.21. The molecule has 0 bridgehead atoms. The van der Waals surface area contributed by atoms with Crippen molar-refractivity contribution in [1.29, 1.82) is 0 Å². The second-order valence-corrected chi connectivity index (χ2v) is 6.97. The van der Waals surface area contributed by atoms with Crippen LogP contribution in [0.2, 0.25) is 0 Å². The molecule has 1 aromatic carbocycles. The van der Waals surface area contributed by atoms with E-state index in [9.17, 15) is 13.2 Å². The SMILES string of the molecule is CC(C)NC(=O)CNS(=O)(=O)c1ccc2c(c1)OCCCO2. The topological polar surface area (TPSA) is 93.7 Å². The number of carbonyl (C=O) groups excluding carboxylic acids is 1. The van der Waals surface area contributed by atoms with Crippen LogP contribution in [0.3, 0.4) is 0 Å². The molecule has 7 nitrogen and oxygen atoms in total. The van der Waals surface area contributed by atoms with Crippen molar-refractivity contribution >= 4 is 15.9 Å². The summed E-state index contributed by atoms with van der Waals surface area (Å²) in [6, 6.07) is 4.35. The van der Waals surface area contributed by atoms with E-state index in [1.807, 2.05) is 0 Å². The van der Waals surface area contributed by atoms with Gasteiger partial charge < -0.3 is 14.8 Å². The van der Waals surface area contributed by atoms with E-state index in [1.165, 1.54) is 12.1 Å². The van der Waals surface area contributed by atoms with Crippen LogP contribution in [0.5, 0.6) is 11.5 Å². The summed E-state index contributed by atoms with van der Waals surface area (Å²) >= 11 is 0. The van der Waals surface area contributed by atoms with Gasteiger partial charge in [-0.25, -0.2) is 13.1 Å². The number of benzene rings is 1. The van der Waals surface area contributed by atoms with E-state index in [0.717, 1.165) is 6.42 Å². The van der Waals surface area contributed by atoms with Gasteiger partial charge in [-0.1, -0.05) is 0 Å². The first-order valence-corrected chi connectivity index (χ1v) is 8.55. The molecule has 0 unspecified atom stereocenters. The van der Waals surface area contributed by atoms with Gasteiger partial charge in [-0.15, -0.1) is 0 Å². The van der Waals surface area contributed by atoms with Crippen molar-refractivity contribution in [1.82, 2.24) is 10.0 Å². The fourth-order valence-corrected chi connectivity index (χ4v) is 2.92. The van der Waals surface area contributed by atoms with Crippen molar-refractivity contribution in [3.63, 3.8) is 0 Å². The molecule has 122 valence electrons. The Hall–Kier alpha value is -1.80. The van der Waals surface area contributed by atoms with Crippen molar-refractivity contribution in [2.24, 2.45) is 0 Å². The number of hydrogen-bond acceptors (Lipinski definition) is 5. The fraction of sp³-hybridized carbons (Fsp3) is 0.500. The minimum absolute atomic E-state index is 0.0362. The number of ether oxygens (including phenoxy) is 2. The third-order valence-electron chi connectivity index (χ3n) is 2.90. The molecule has 0 fully saturated rings. The number of nitrogens with one attached hydrogen (secondary N) is 2. The van der Waals surface area contributed by atoms with Gasteiger partial charge in [-0.05, 0) is 26.0 Å². The molecular weight excluding hydrogens is 308 g/mol. The van der Waals surface area contributed by atoms with Crippen molar-refractivity contribution in [2.45, 2.75) is 31.2 Å². The average Bonchev–Trinajstić information content (AvgIpc) is 2.69. The summed E-state index contributed by atoms with van der Waals surface area (Å²) < 4.78 is 37.6. The number of carbonyl (C=O) groups is 1. The Morgan fingerprint density at radius 2 is 1.91 bits per heavy atom. The average molecular weight is 328 g/mol. The highest BCUT2D eigenvalue weighted by molar-refractivity contribution is 7.89. The molecule has 1 amide bonds. The molecule has 8 heteroatoms. The van der Waals surface area contributed by atoms with Crippen LogP contribution in [-0.4, -0.2) is 40.1 Å². The fourth-order valence-electron chi connectivity index (χ4n) is 1.93. The predicted octanol–water partition coefficient (Wildman–Crippen LogP) is 0.651. The second kappa shape index (κ2) is 6.97. The minimum atomic E-state index is -3.78. The van der Waals surface area contributed by atoms with Gasteiger partial charge in [-0.2, -0.15) is 0 Å². The minimum Gasteiger partial charge on any atom is -0.490 e. The number of rotatable bonds is 5. The predicted molar refractivity (Wildman–Crippen MR) is 80.5 cm³/mol. The zero-order valence-corrected chi connectivity index (χ0v) is 13.4. The molecule has 2 N–H and O–H groups in total. The van der Waals surface area contributed by atoms with Gasteiger partial charge in [0.25, 0.3) is 0 Å². The highest BCUT2D eigenvalue weighted by atomic mass is 32.2. The van der Waals surface area contributed by atoms with Crippen LogP contribution in [0, 0.1) is 0 Å². The molecule has 1 aliphatic heterocycles. The molecule has 0 saturated carbocycles. The summed E-state index contributed by atoms with van der Waals surface area (Å²) in [4.78, 5) is 11.6. The van der Waals surface area contributed by atoms with Crippen LogP contribution in [0.25, 0.3) is 0 Å². The smallest absolute Gasteiger partial charge is 0.241 e. The zero-order chi connectivity index (χ0) is 16.2. The van der Waals surface area contributed by atoms with Crippen molar-refractivity contribution < 1.29 is 22.7 Å². The van der Waals surface area contributed by atoms with Crippen LogP contribution in [0.15, 0.2) is 23.1 Å². The molecule has 1 heterocycles. The van der Waals surface area contributed by atoms with Gasteiger partial charge in [-0.3, -0.25) is 4.79 Å². The third-order valence-corrected chi connectivity index (χ3v) is 4.30. The van der Waals surface area contributed by atoms with Crippen LogP contribution < -0.4 is 19.5 Å². The summed E-state index contributed by atoms with van der Waals surface area (Å²) in [5.74, 6) is 0.536. The lowest BCUT2D eigenvalue weighted by Crippen LogP contribution is -2.39. The molecule has 0 aromatic heterocycles. The van der Waals surface area contributed by atoms with Crippen LogP contribution in [0.1, 0.15) is 20.3 Å². The molecule has 0 spiro atoms. The van der Waals surface area contributed by atoms with E-state index in [0.29, 0.717) is 24.7 Å². The first kappa shape index (κ1) is 16.6. The Balaban J connectivity index is 2.09. The summed E-state index contributed by atoms with van der Waals surface area (Å²) in [5, 5.41) is 2.61. The maximum atomic E-state index is 12.2. The van der Waals surface area contributed by atoms with E-state index < -0.39 is 10.0 Å². The molecule has 0 radical (unpaired) electrons. The lowest BCUT2D eigenvalue weighted by atomic mass is 10.3. The van der Waals surface area contributed by atoms with Crippen LogP contribution >= 0.6 is 0 Å². The molecule has 2 rings (SSSR count). The Kier molecular flexibility index (Phi) is 5.25. The molecule has 0 saturated heterocycles. The van der Waals surface area contributed by atoms with Crippen LogP contribution in [0.4, 0.5) is 0 Å². The summed E-state index contributed by atoms with van der Waals surface area (Å²) in [6.07, 6.45) is 0.740. The van der Waals surface area contributed by atoms with Gasteiger partial charge in [0.05, 0.1) is 24.7 Å². The van der Waals surface area contributed by atoms with E-state index in [1.54, 1.807) is 19.9 Å². The highest BCUT2D eigenvalue weighted by Gasteiger charge is 2.19. The Labute approximate surface area is 130 Å². The molecular formula is C14H20N2O5S. The van der Waals surface area contributed by atoms with Gasteiger partial charge in [0, 0.05) is 18.5 Å². The van der Waals surface area contributed by atoms with Crippen molar-refractivity contribution in [3.8, 4) is 11.5 Å². The molecule has 22 heavy (non-hydrogen) atoms. The third kappa shape index (κ3) is 4.35. The number of amides is 1. The van der Waals surface area contributed by atoms with Gasteiger partial charge in [0.1, 0.15) is 0 Å². The Bertz CT molecular complexity index is 643. The van der Waals surface area contributed by atoms with Crippen molar-refractivity contribution in [2.75, 3.05) is 19.8 Å². The quantitative estimate of drug-likeness (QED) is 0.828. The normalized spacial score (nSPS) is 14.5. The van der Waals surface area contributed by atoms with Crippen LogP contribution in [-0.2, 0) is 14.8 Å². The van der Waals surface area contributed by atoms with Gasteiger partial charge >= 0.3 is 0 Å². The largest absolute Gasteiger partial charge is 0.490 e. The van der Waals surface area contributed by atoms with E-state index >= 15 is 0 Å². The van der Waals surface area contributed by atoms with Gasteiger partial charge in [0.15, 0.2) is 11.5 Å². The Morgan fingerprint density at radius 1 is 1.23 bits per heavy atom. The van der Waals surface area contributed by atoms with E-state index in [4.69, 9.17) is 9.47 Å².